The fourth-order valence-corrected chi connectivity index (χ4v) is 1.65. The van der Waals surface area contributed by atoms with Crippen LogP contribution in [0.2, 0.25) is 0 Å². The van der Waals surface area contributed by atoms with Gasteiger partial charge in [0.05, 0.1) is 5.41 Å². The van der Waals surface area contributed by atoms with E-state index in [9.17, 15) is 4.79 Å². The van der Waals surface area contributed by atoms with Crippen molar-refractivity contribution in [2.24, 2.45) is 11.1 Å². The topological polar surface area (TPSA) is 58.4 Å². The molecule has 0 aromatic heterocycles. The monoisotopic (exact) mass is 227 g/mol. The Labute approximate surface area is 98.6 Å². The molecule has 0 bridgehead atoms. The normalized spacial score (nSPS) is 17.9. The van der Waals surface area contributed by atoms with Crippen LogP contribution < -0.4 is 11.1 Å². The van der Waals surface area contributed by atoms with Crippen molar-refractivity contribution in [1.29, 1.82) is 0 Å². The van der Waals surface area contributed by atoms with Crippen molar-refractivity contribution in [1.82, 2.24) is 10.2 Å². The zero-order valence-electron chi connectivity index (χ0n) is 10.8. The zero-order chi connectivity index (χ0) is 12.2. The van der Waals surface area contributed by atoms with E-state index in [2.05, 4.69) is 31.1 Å². The van der Waals surface area contributed by atoms with E-state index < -0.39 is 0 Å². The summed E-state index contributed by atoms with van der Waals surface area (Å²) in [5.41, 5.74) is 5.39. The molecule has 4 nitrogen and oxygen atoms in total. The van der Waals surface area contributed by atoms with Gasteiger partial charge in [-0.2, -0.15) is 0 Å². The molecule has 1 amide bonds. The van der Waals surface area contributed by atoms with Crippen LogP contribution in [-0.4, -0.2) is 43.5 Å². The molecule has 0 atom stereocenters. The lowest BCUT2D eigenvalue weighted by Crippen LogP contribution is -2.38. The van der Waals surface area contributed by atoms with Gasteiger partial charge in [-0.1, -0.05) is 0 Å². The minimum Gasteiger partial charge on any atom is -0.356 e. The van der Waals surface area contributed by atoms with Crippen molar-refractivity contribution < 1.29 is 4.79 Å². The van der Waals surface area contributed by atoms with Gasteiger partial charge in [-0.3, -0.25) is 4.79 Å². The second-order valence-corrected chi connectivity index (χ2v) is 5.17. The Balaban J connectivity index is 2.10. The smallest absolute Gasteiger partial charge is 0.227 e. The molecule has 1 aliphatic rings. The first kappa shape index (κ1) is 13.5. The van der Waals surface area contributed by atoms with Crippen molar-refractivity contribution in [2.75, 3.05) is 26.7 Å². The van der Waals surface area contributed by atoms with E-state index in [4.69, 9.17) is 5.73 Å². The first-order valence-electron chi connectivity index (χ1n) is 6.20. The lowest BCUT2D eigenvalue weighted by Gasteiger charge is -2.21. The highest BCUT2D eigenvalue weighted by Gasteiger charge is 2.48. The maximum atomic E-state index is 11.7. The Morgan fingerprint density at radius 2 is 2.12 bits per heavy atom. The fourth-order valence-electron chi connectivity index (χ4n) is 1.65. The average molecular weight is 227 g/mol. The molecule has 94 valence electrons. The number of hydrogen-bond acceptors (Lipinski definition) is 3. The molecule has 0 aliphatic heterocycles. The molecule has 4 heteroatoms. The van der Waals surface area contributed by atoms with Gasteiger partial charge in [-0.25, -0.2) is 0 Å². The van der Waals surface area contributed by atoms with E-state index in [1.807, 2.05) is 0 Å². The Morgan fingerprint density at radius 1 is 1.50 bits per heavy atom. The Hall–Kier alpha value is -0.610. The Morgan fingerprint density at radius 3 is 2.56 bits per heavy atom. The molecule has 16 heavy (non-hydrogen) atoms. The highest BCUT2D eigenvalue weighted by molar-refractivity contribution is 5.85. The SMILES string of the molecule is CC(C)N(C)CCCNC(=O)C1(CN)CC1. The number of hydrogen-bond donors (Lipinski definition) is 2. The molecule has 1 saturated carbocycles. The van der Waals surface area contributed by atoms with E-state index in [1.165, 1.54) is 0 Å². The molecule has 0 heterocycles. The number of amides is 1. The van der Waals surface area contributed by atoms with Crippen LogP contribution in [0.4, 0.5) is 0 Å². The molecule has 3 N–H and O–H groups in total. The molecule has 0 aromatic carbocycles. The average Bonchev–Trinajstić information content (AvgIpc) is 3.04. The van der Waals surface area contributed by atoms with Gasteiger partial charge in [-0.05, 0) is 46.7 Å². The van der Waals surface area contributed by atoms with Gasteiger partial charge in [0.1, 0.15) is 0 Å². The summed E-state index contributed by atoms with van der Waals surface area (Å²) < 4.78 is 0. The highest BCUT2D eigenvalue weighted by atomic mass is 16.2. The number of nitrogens with one attached hydrogen (secondary N) is 1. The lowest BCUT2D eigenvalue weighted by atomic mass is 10.1. The quantitative estimate of drug-likeness (QED) is 0.625. The van der Waals surface area contributed by atoms with Crippen LogP contribution >= 0.6 is 0 Å². The fraction of sp³-hybridized carbons (Fsp3) is 0.917. The molecular weight excluding hydrogens is 202 g/mol. The minimum absolute atomic E-state index is 0.155. The predicted octanol–water partition coefficient (Wildman–Crippen LogP) is 0.572. The van der Waals surface area contributed by atoms with Gasteiger partial charge in [-0.15, -0.1) is 0 Å². The van der Waals surface area contributed by atoms with Gasteiger partial charge < -0.3 is 16.0 Å². The summed E-state index contributed by atoms with van der Waals surface area (Å²) in [5.74, 6) is 0.155. The molecule has 0 unspecified atom stereocenters. The van der Waals surface area contributed by atoms with Crippen molar-refractivity contribution in [3.05, 3.63) is 0 Å². The Kier molecular flexibility index (Phi) is 4.74. The first-order chi connectivity index (χ1) is 7.52. The maximum Gasteiger partial charge on any atom is 0.227 e. The van der Waals surface area contributed by atoms with Gasteiger partial charge in [0.15, 0.2) is 0 Å². The molecular formula is C12H25N3O. The molecule has 1 aliphatic carbocycles. The third-order valence-electron chi connectivity index (χ3n) is 3.58. The zero-order valence-corrected chi connectivity index (χ0v) is 10.8. The highest BCUT2D eigenvalue weighted by Crippen LogP contribution is 2.44. The second-order valence-electron chi connectivity index (χ2n) is 5.17. The third-order valence-corrected chi connectivity index (χ3v) is 3.58. The largest absolute Gasteiger partial charge is 0.356 e. The summed E-state index contributed by atoms with van der Waals surface area (Å²) in [6, 6.07) is 0.564. The van der Waals surface area contributed by atoms with Crippen LogP contribution in [-0.2, 0) is 4.79 Å². The summed E-state index contributed by atoms with van der Waals surface area (Å²) >= 11 is 0. The predicted molar refractivity (Wildman–Crippen MR) is 66.1 cm³/mol. The summed E-state index contributed by atoms with van der Waals surface area (Å²) in [6.07, 6.45) is 2.92. The molecule has 0 saturated heterocycles. The summed E-state index contributed by atoms with van der Waals surface area (Å²) in [6.45, 7) is 6.62. The van der Waals surface area contributed by atoms with Gasteiger partial charge in [0.25, 0.3) is 0 Å². The summed E-state index contributed by atoms with van der Waals surface area (Å²) in [4.78, 5) is 14.0. The molecule has 1 fully saturated rings. The second kappa shape index (κ2) is 5.64. The molecule has 0 spiro atoms. The number of rotatable bonds is 7. The number of carbonyl (C=O) groups excluding carboxylic acids is 1. The van der Waals surface area contributed by atoms with E-state index in [-0.39, 0.29) is 11.3 Å². The first-order valence-corrected chi connectivity index (χ1v) is 6.20. The standard InChI is InChI=1S/C12H25N3O/c1-10(2)15(3)8-4-7-14-11(16)12(9-13)5-6-12/h10H,4-9,13H2,1-3H3,(H,14,16). The number of carbonyl (C=O) groups is 1. The van der Waals surface area contributed by atoms with Gasteiger partial charge >= 0.3 is 0 Å². The van der Waals surface area contributed by atoms with Gasteiger partial charge in [0.2, 0.25) is 5.91 Å². The Bertz CT molecular complexity index is 236. The molecule has 0 aromatic rings. The van der Waals surface area contributed by atoms with Crippen LogP contribution in [0.1, 0.15) is 33.1 Å². The van der Waals surface area contributed by atoms with Gasteiger partial charge in [0, 0.05) is 19.1 Å². The summed E-state index contributed by atoms with van der Waals surface area (Å²) in [7, 11) is 2.11. The van der Waals surface area contributed by atoms with Crippen molar-refractivity contribution in [3.8, 4) is 0 Å². The number of nitrogens with two attached hydrogens (primary N) is 1. The van der Waals surface area contributed by atoms with Crippen LogP contribution in [0.25, 0.3) is 0 Å². The van der Waals surface area contributed by atoms with Crippen LogP contribution in [0, 0.1) is 5.41 Å². The van der Waals surface area contributed by atoms with Crippen molar-refractivity contribution >= 4 is 5.91 Å². The van der Waals surface area contributed by atoms with E-state index in [0.29, 0.717) is 12.6 Å². The maximum absolute atomic E-state index is 11.7. The van der Waals surface area contributed by atoms with Crippen LogP contribution in [0.15, 0.2) is 0 Å². The lowest BCUT2D eigenvalue weighted by molar-refractivity contribution is -0.125. The van der Waals surface area contributed by atoms with E-state index in [0.717, 1.165) is 32.4 Å². The third kappa shape index (κ3) is 3.46. The minimum atomic E-state index is -0.204. The van der Waals surface area contributed by atoms with Crippen LogP contribution in [0.3, 0.4) is 0 Å². The number of nitrogens with zero attached hydrogens (tertiary/aromatic N) is 1. The summed E-state index contributed by atoms with van der Waals surface area (Å²) in [5, 5.41) is 2.99. The van der Waals surface area contributed by atoms with E-state index >= 15 is 0 Å². The molecule has 0 radical (unpaired) electrons. The van der Waals surface area contributed by atoms with Crippen LogP contribution in [0.5, 0.6) is 0 Å². The van der Waals surface area contributed by atoms with E-state index in [1.54, 1.807) is 0 Å². The van der Waals surface area contributed by atoms with Crippen molar-refractivity contribution in [3.63, 3.8) is 0 Å². The van der Waals surface area contributed by atoms with Crippen molar-refractivity contribution in [2.45, 2.75) is 39.2 Å². The molecule has 1 rings (SSSR count).